The van der Waals surface area contributed by atoms with Crippen molar-refractivity contribution in [2.24, 2.45) is 5.73 Å². The number of nitrogens with two attached hydrogens (primary N) is 1. The zero-order valence-electron chi connectivity index (χ0n) is 11.8. The van der Waals surface area contributed by atoms with Crippen LogP contribution in [0.2, 0.25) is 6.04 Å². The van der Waals surface area contributed by atoms with E-state index in [1.807, 2.05) is 27.7 Å². The summed E-state index contributed by atoms with van der Waals surface area (Å²) < 4.78 is 17.2. The van der Waals surface area contributed by atoms with Crippen LogP contribution in [0.5, 0.6) is 0 Å². The van der Waals surface area contributed by atoms with Gasteiger partial charge < -0.3 is 24.3 Å². The summed E-state index contributed by atoms with van der Waals surface area (Å²) in [5.41, 5.74) is 5.15. The average molecular weight is 278 g/mol. The molecule has 2 amide bonds. The zero-order valence-corrected chi connectivity index (χ0v) is 12.8. The molecule has 0 heterocycles. The van der Waals surface area contributed by atoms with Gasteiger partial charge in [-0.05, 0) is 27.2 Å². The molecular formula is C11H26N2O4Si. The second kappa shape index (κ2) is 9.32. The largest absolute Gasteiger partial charge is 0.503 e. The first-order valence-electron chi connectivity index (χ1n) is 6.51. The van der Waals surface area contributed by atoms with Crippen molar-refractivity contribution in [1.29, 1.82) is 0 Å². The fourth-order valence-corrected chi connectivity index (χ4v) is 4.68. The molecule has 0 aromatic carbocycles. The van der Waals surface area contributed by atoms with Gasteiger partial charge in [-0.1, -0.05) is 6.92 Å². The van der Waals surface area contributed by atoms with Crippen LogP contribution in [0, 0.1) is 0 Å². The Bertz CT molecular complexity index is 224. The van der Waals surface area contributed by atoms with E-state index >= 15 is 0 Å². The number of urea groups is 1. The van der Waals surface area contributed by atoms with E-state index in [1.165, 1.54) is 0 Å². The van der Waals surface area contributed by atoms with E-state index in [4.69, 9.17) is 19.0 Å². The maximum Gasteiger partial charge on any atom is 0.503 e. The minimum Gasteiger partial charge on any atom is -0.374 e. The number of carbonyl (C=O) groups excluding carboxylic acids is 1. The molecule has 0 saturated carbocycles. The van der Waals surface area contributed by atoms with Crippen molar-refractivity contribution >= 4 is 14.8 Å². The maximum atomic E-state index is 10.9. The Morgan fingerprint density at radius 1 is 1.11 bits per heavy atom. The topological polar surface area (TPSA) is 82.8 Å². The van der Waals surface area contributed by atoms with Crippen LogP contribution in [-0.2, 0) is 13.3 Å². The number of rotatable bonds is 10. The Labute approximate surface area is 111 Å². The molecule has 0 rings (SSSR count). The SMILES string of the molecule is CCO[Si](CC(CC)NC(N)=O)(OCC)OCC. The van der Waals surface area contributed by atoms with E-state index in [1.54, 1.807) is 0 Å². The smallest absolute Gasteiger partial charge is 0.374 e. The molecule has 0 saturated heterocycles. The Balaban J connectivity index is 4.74. The first-order chi connectivity index (χ1) is 8.53. The average Bonchev–Trinajstić information content (AvgIpc) is 2.28. The Morgan fingerprint density at radius 3 is 1.83 bits per heavy atom. The van der Waals surface area contributed by atoms with E-state index in [-0.39, 0.29) is 6.04 Å². The Kier molecular flexibility index (Phi) is 8.99. The lowest BCUT2D eigenvalue weighted by Gasteiger charge is -2.31. The number of carbonyl (C=O) groups is 1. The molecule has 3 N–H and O–H groups in total. The third-order valence-corrected chi connectivity index (χ3v) is 5.61. The number of amides is 2. The van der Waals surface area contributed by atoms with Gasteiger partial charge in [0.05, 0.1) is 0 Å². The fraction of sp³-hybridized carbons (Fsp3) is 0.909. The van der Waals surface area contributed by atoms with Crippen molar-refractivity contribution in [3.05, 3.63) is 0 Å². The summed E-state index contributed by atoms with van der Waals surface area (Å²) in [5.74, 6) is 0. The van der Waals surface area contributed by atoms with E-state index < -0.39 is 14.8 Å². The van der Waals surface area contributed by atoms with Crippen LogP contribution in [0.15, 0.2) is 0 Å². The summed E-state index contributed by atoms with van der Waals surface area (Å²) in [4.78, 5) is 10.9. The number of hydrogen-bond acceptors (Lipinski definition) is 4. The van der Waals surface area contributed by atoms with Crippen molar-refractivity contribution in [3.63, 3.8) is 0 Å². The molecule has 0 aliphatic carbocycles. The molecule has 18 heavy (non-hydrogen) atoms. The molecule has 0 aliphatic rings. The first kappa shape index (κ1) is 17.4. The van der Waals surface area contributed by atoms with Crippen LogP contribution in [0.1, 0.15) is 34.1 Å². The van der Waals surface area contributed by atoms with E-state index in [2.05, 4.69) is 5.32 Å². The van der Waals surface area contributed by atoms with Gasteiger partial charge in [-0.25, -0.2) is 4.79 Å². The summed E-state index contributed by atoms with van der Waals surface area (Å²) in [6.07, 6.45) is 0.755. The number of hydrogen-bond donors (Lipinski definition) is 2. The van der Waals surface area contributed by atoms with Gasteiger partial charge >= 0.3 is 14.8 Å². The predicted molar refractivity (Wildman–Crippen MR) is 72.2 cm³/mol. The highest BCUT2D eigenvalue weighted by atomic mass is 28.4. The second-order valence-corrected chi connectivity index (χ2v) is 6.44. The molecule has 0 fully saturated rings. The molecule has 0 aliphatic heterocycles. The van der Waals surface area contributed by atoms with Gasteiger partial charge in [0.1, 0.15) is 0 Å². The van der Waals surface area contributed by atoms with Gasteiger partial charge in [0.25, 0.3) is 0 Å². The first-order valence-corrected chi connectivity index (χ1v) is 8.44. The van der Waals surface area contributed by atoms with Crippen LogP contribution in [0.3, 0.4) is 0 Å². The van der Waals surface area contributed by atoms with Crippen molar-refractivity contribution in [3.8, 4) is 0 Å². The Morgan fingerprint density at radius 2 is 1.56 bits per heavy atom. The van der Waals surface area contributed by atoms with Gasteiger partial charge in [-0.2, -0.15) is 0 Å². The lowest BCUT2D eigenvalue weighted by atomic mass is 10.3. The van der Waals surface area contributed by atoms with Crippen LogP contribution in [-0.4, -0.2) is 40.7 Å². The molecule has 0 aromatic heterocycles. The molecule has 1 atom stereocenters. The van der Waals surface area contributed by atoms with Gasteiger partial charge in [0.2, 0.25) is 0 Å². The van der Waals surface area contributed by atoms with Gasteiger partial charge in [-0.15, -0.1) is 0 Å². The normalized spacial score (nSPS) is 13.3. The molecule has 7 heteroatoms. The molecule has 0 radical (unpaired) electrons. The van der Waals surface area contributed by atoms with E-state index in [9.17, 15) is 4.79 Å². The van der Waals surface area contributed by atoms with E-state index in [0.29, 0.717) is 25.9 Å². The highest BCUT2D eigenvalue weighted by molar-refractivity contribution is 6.60. The lowest BCUT2D eigenvalue weighted by Crippen LogP contribution is -2.52. The standard InChI is InChI=1S/C11H26N2O4Si/c1-5-10(13-11(12)14)9-18(15-6-2,16-7-3)17-8-4/h10H,5-9H2,1-4H3,(H3,12,13,14). The summed E-state index contributed by atoms with van der Waals surface area (Å²) >= 11 is 0. The maximum absolute atomic E-state index is 10.9. The quantitative estimate of drug-likeness (QED) is 0.593. The predicted octanol–water partition coefficient (Wildman–Crippen LogP) is 1.48. The van der Waals surface area contributed by atoms with Crippen LogP contribution >= 0.6 is 0 Å². The van der Waals surface area contributed by atoms with Crippen molar-refractivity contribution in [2.45, 2.75) is 46.2 Å². The molecule has 0 aromatic rings. The van der Waals surface area contributed by atoms with Gasteiger partial charge in [0, 0.05) is 31.9 Å². The third kappa shape index (κ3) is 6.34. The minimum absolute atomic E-state index is 0.0844. The zero-order chi connectivity index (χ0) is 14.0. The van der Waals surface area contributed by atoms with Crippen LogP contribution in [0.25, 0.3) is 0 Å². The minimum atomic E-state index is -2.72. The lowest BCUT2D eigenvalue weighted by molar-refractivity contribution is 0.0688. The summed E-state index contributed by atoms with van der Waals surface area (Å²) in [6, 6.07) is -0.0739. The van der Waals surface area contributed by atoms with Crippen LogP contribution in [0.4, 0.5) is 4.79 Å². The fourth-order valence-electron chi connectivity index (χ4n) is 1.76. The highest BCUT2D eigenvalue weighted by Gasteiger charge is 2.42. The van der Waals surface area contributed by atoms with Gasteiger partial charge in [0.15, 0.2) is 0 Å². The molecule has 108 valence electrons. The van der Waals surface area contributed by atoms with Crippen molar-refractivity contribution in [1.82, 2.24) is 5.32 Å². The molecule has 0 bridgehead atoms. The van der Waals surface area contributed by atoms with Crippen LogP contribution < -0.4 is 11.1 Å². The summed E-state index contributed by atoms with van der Waals surface area (Å²) in [6.45, 7) is 9.27. The monoisotopic (exact) mass is 278 g/mol. The van der Waals surface area contributed by atoms with E-state index in [0.717, 1.165) is 6.42 Å². The van der Waals surface area contributed by atoms with Crippen molar-refractivity contribution in [2.75, 3.05) is 19.8 Å². The second-order valence-electron chi connectivity index (χ2n) is 3.80. The number of primary amides is 1. The summed E-state index contributed by atoms with van der Waals surface area (Å²) in [7, 11) is -2.72. The van der Waals surface area contributed by atoms with Gasteiger partial charge in [-0.3, -0.25) is 0 Å². The molecule has 0 spiro atoms. The Hall–Kier alpha value is -0.633. The van der Waals surface area contributed by atoms with Crippen molar-refractivity contribution < 1.29 is 18.1 Å². The highest BCUT2D eigenvalue weighted by Crippen LogP contribution is 2.19. The molecule has 6 nitrogen and oxygen atoms in total. The summed E-state index contributed by atoms with van der Waals surface area (Å²) in [5, 5.41) is 2.69. The number of nitrogens with one attached hydrogen (secondary N) is 1. The molecule has 1 unspecified atom stereocenters. The third-order valence-electron chi connectivity index (χ3n) is 2.43. The molecular weight excluding hydrogens is 252 g/mol.